The number of hydrogen-bond acceptors (Lipinski definition) is 6. The molecule has 0 atom stereocenters. The van der Waals surface area contributed by atoms with Gasteiger partial charge < -0.3 is 14.8 Å². The first kappa shape index (κ1) is 22.3. The first-order chi connectivity index (χ1) is 15.8. The van der Waals surface area contributed by atoms with Crippen molar-refractivity contribution in [3.63, 3.8) is 0 Å². The molecule has 1 aliphatic heterocycles. The number of benzene rings is 3. The molecular formula is C25H22FNO6. The molecule has 0 saturated carbocycles. The predicted octanol–water partition coefficient (Wildman–Crippen LogP) is 4.56. The lowest BCUT2D eigenvalue weighted by Crippen LogP contribution is -2.37. The van der Waals surface area contributed by atoms with Crippen LogP contribution in [-0.2, 0) is 10.3 Å². The van der Waals surface area contributed by atoms with E-state index in [4.69, 9.17) is 14.7 Å². The first-order valence-electron chi connectivity index (χ1n) is 10.2. The van der Waals surface area contributed by atoms with E-state index in [1.165, 1.54) is 24.3 Å². The molecule has 3 aromatic carbocycles. The minimum atomic E-state index is -0.903. The third-order valence-electron chi connectivity index (χ3n) is 5.55. The largest absolute Gasteiger partial charge is 0.454 e. The average Bonchev–Trinajstić information content (AvgIpc) is 3.30. The van der Waals surface area contributed by atoms with Gasteiger partial charge in [-0.3, -0.25) is 9.68 Å². The van der Waals surface area contributed by atoms with Gasteiger partial charge in [0.25, 0.3) is 5.91 Å². The Labute approximate surface area is 189 Å². The summed E-state index contributed by atoms with van der Waals surface area (Å²) in [5.74, 6) is -0.428. The molecular weight excluding hydrogens is 429 g/mol. The van der Waals surface area contributed by atoms with Crippen LogP contribution in [0.3, 0.4) is 0 Å². The van der Waals surface area contributed by atoms with Crippen molar-refractivity contribution >= 4 is 11.9 Å². The lowest BCUT2D eigenvalue weighted by Gasteiger charge is -2.28. The van der Waals surface area contributed by atoms with E-state index in [9.17, 15) is 14.0 Å². The SMILES string of the molecule is CC(C)(CNC(=O)c1ccc(F)cc1)c1cc(-c2ccc3c(c2)OCO3)ccc1C(=O)OO. The van der Waals surface area contributed by atoms with Gasteiger partial charge in [-0.05, 0) is 65.2 Å². The van der Waals surface area contributed by atoms with E-state index in [0.29, 0.717) is 22.6 Å². The lowest BCUT2D eigenvalue weighted by molar-refractivity contribution is -0.182. The van der Waals surface area contributed by atoms with Gasteiger partial charge in [0.05, 0.1) is 5.56 Å². The molecule has 0 fully saturated rings. The molecule has 3 aromatic rings. The molecule has 0 unspecified atom stereocenters. The van der Waals surface area contributed by atoms with Gasteiger partial charge in [-0.2, -0.15) is 5.26 Å². The lowest BCUT2D eigenvalue weighted by atomic mass is 9.80. The maximum atomic E-state index is 13.1. The summed E-state index contributed by atoms with van der Waals surface area (Å²) in [5.41, 5.74) is 1.97. The van der Waals surface area contributed by atoms with Gasteiger partial charge in [-0.25, -0.2) is 9.18 Å². The normalized spacial score (nSPS) is 12.4. The third kappa shape index (κ3) is 4.65. The Morgan fingerprint density at radius 3 is 2.39 bits per heavy atom. The number of fused-ring (bicyclic) bond motifs is 1. The number of ether oxygens (including phenoxy) is 2. The minimum Gasteiger partial charge on any atom is -0.454 e. The van der Waals surface area contributed by atoms with E-state index >= 15 is 0 Å². The van der Waals surface area contributed by atoms with Crippen LogP contribution < -0.4 is 14.8 Å². The summed E-state index contributed by atoms with van der Waals surface area (Å²) in [6, 6.07) is 15.9. The Morgan fingerprint density at radius 1 is 1.00 bits per heavy atom. The van der Waals surface area contributed by atoms with Gasteiger partial charge in [0.15, 0.2) is 11.5 Å². The van der Waals surface area contributed by atoms with Crippen LogP contribution >= 0.6 is 0 Å². The summed E-state index contributed by atoms with van der Waals surface area (Å²) in [6.45, 7) is 4.03. The molecule has 33 heavy (non-hydrogen) atoms. The zero-order valence-corrected chi connectivity index (χ0v) is 18.1. The molecule has 1 aliphatic rings. The van der Waals surface area contributed by atoms with Gasteiger partial charge in [0, 0.05) is 17.5 Å². The number of nitrogens with one attached hydrogen (secondary N) is 1. The first-order valence-corrected chi connectivity index (χ1v) is 10.2. The molecule has 0 saturated heterocycles. The molecule has 0 aromatic heterocycles. The maximum absolute atomic E-state index is 13.1. The van der Waals surface area contributed by atoms with E-state index < -0.39 is 17.2 Å². The van der Waals surface area contributed by atoms with Crippen molar-refractivity contribution in [2.75, 3.05) is 13.3 Å². The van der Waals surface area contributed by atoms with Crippen molar-refractivity contribution in [2.45, 2.75) is 19.3 Å². The molecule has 0 radical (unpaired) electrons. The van der Waals surface area contributed by atoms with Crippen molar-refractivity contribution in [2.24, 2.45) is 0 Å². The van der Waals surface area contributed by atoms with Crippen LogP contribution in [0.15, 0.2) is 60.7 Å². The monoisotopic (exact) mass is 451 g/mol. The van der Waals surface area contributed by atoms with Crippen molar-refractivity contribution in [1.82, 2.24) is 5.32 Å². The van der Waals surface area contributed by atoms with Gasteiger partial charge >= 0.3 is 5.97 Å². The summed E-state index contributed by atoms with van der Waals surface area (Å²) in [4.78, 5) is 28.7. The van der Waals surface area contributed by atoms with Crippen molar-refractivity contribution in [3.8, 4) is 22.6 Å². The summed E-state index contributed by atoms with van der Waals surface area (Å²) < 4.78 is 23.9. The molecule has 0 spiro atoms. The van der Waals surface area contributed by atoms with E-state index in [1.807, 2.05) is 32.0 Å². The van der Waals surface area contributed by atoms with Crippen LogP contribution in [0, 0.1) is 5.82 Å². The average molecular weight is 451 g/mol. The minimum absolute atomic E-state index is 0.159. The van der Waals surface area contributed by atoms with Crippen LogP contribution in [0.4, 0.5) is 4.39 Å². The van der Waals surface area contributed by atoms with Crippen LogP contribution in [0.25, 0.3) is 11.1 Å². The van der Waals surface area contributed by atoms with E-state index in [2.05, 4.69) is 10.2 Å². The van der Waals surface area contributed by atoms with Gasteiger partial charge in [-0.15, -0.1) is 0 Å². The molecule has 170 valence electrons. The van der Waals surface area contributed by atoms with Crippen LogP contribution in [-0.4, -0.2) is 30.5 Å². The summed E-state index contributed by atoms with van der Waals surface area (Å²) in [7, 11) is 0. The topological polar surface area (TPSA) is 94.1 Å². The number of halogens is 1. The highest BCUT2D eigenvalue weighted by atomic mass is 19.1. The van der Waals surface area contributed by atoms with Gasteiger partial charge in [0.1, 0.15) is 5.82 Å². The summed E-state index contributed by atoms with van der Waals surface area (Å²) in [5, 5.41) is 11.8. The number of amides is 1. The molecule has 4 rings (SSSR count). The summed E-state index contributed by atoms with van der Waals surface area (Å²) in [6.07, 6.45) is 0. The molecule has 1 amide bonds. The second-order valence-electron chi connectivity index (χ2n) is 8.28. The van der Waals surface area contributed by atoms with Crippen molar-refractivity contribution < 1.29 is 33.6 Å². The fourth-order valence-electron chi connectivity index (χ4n) is 3.69. The Hall–Kier alpha value is -3.91. The van der Waals surface area contributed by atoms with Crippen molar-refractivity contribution in [1.29, 1.82) is 0 Å². The zero-order valence-electron chi connectivity index (χ0n) is 18.1. The Morgan fingerprint density at radius 2 is 1.67 bits per heavy atom. The summed E-state index contributed by atoms with van der Waals surface area (Å²) >= 11 is 0. The smallest absolute Gasteiger partial charge is 0.373 e. The Bertz CT molecular complexity index is 1210. The number of carbonyl (C=O) groups excluding carboxylic acids is 2. The third-order valence-corrected chi connectivity index (χ3v) is 5.55. The van der Waals surface area contributed by atoms with E-state index in [1.54, 1.807) is 18.2 Å². The zero-order chi connectivity index (χ0) is 23.6. The molecule has 0 bridgehead atoms. The quantitative estimate of drug-likeness (QED) is 0.422. The molecule has 1 heterocycles. The standard InChI is InChI=1S/C25H22FNO6/c1-25(2,13-27-23(28)15-3-7-18(26)8-4-15)20-11-16(5-9-19(20)24(29)33-30)17-6-10-21-22(12-17)32-14-31-21/h3-12,30H,13-14H2,1-2H3,(H,27,28). The van der Waals surface area contributed by atoms with Crippen LogP contribution in [0.5, 0.6) is 11.5 Å². The highest BCUT2D eigenvalue weighted by Gasteiger charge is 2.29. The predicted molar refractivity (Wildman–Crippen MR) is 118 cm³/mol. The highest BCUT2D eigenvalue weighted by Crippen LogP contribution is 2.37. The second-order valence-corrected chi connectivity index (χ2v) is 8.28. The molecule has 0 aliphatic carbocycles. The van der Waals surface area contributed by atoms with Gasteiger partial charge in [0.2, 0.25) is 6.79 Å². The number of rotatable bonds is 6. The molecule has 2 N–H and O–H groups in total. The second kappa shape index (κ2) is 8.91. The Kier molecular flexibility index (Phi) is 6.02. The maximum Gasteiger partial charge on any atom is 0.373 e. The van der Waals surface area contributed by atoms with Crippen molar-refractivity contribution in [3.05, 3.63) is 83.2 Å². The number of hydrogen-bond donors (Lipinski definition) is 2. The van der Waals surface area contributed by atoms with Crippen LogP contribution in [0.1, 0.15) is 40.1 Å². The fraction of sp³-hybridized carbons (Fsp3) is 0.200. The number of carbonyl (C=O) groups is 2. The fourth-order valence-corrected chi connectivity index (χ4v) is 3.69. The molecule has 8 heteroatoms. The van der Waals surface area contributed by atoms with E-state index in [0.717, 1.165) is 11.1 Å². The highest BCUT2D eigenvalue weighted by molar-refractivity contribution is 5.94. The molecule has 7 nitrogen and oxygen atoms in total. The van der Waals surface area contributed by atoms with E-state index in [-0.39, 0.29) is 24.8 Å². The van der Waals surface area contributed by atoms with Crippen LogP contribution in [0.2, 0.25) is 0 Å². The Balaban J connectivity index is 1.64. The van der Waals surface area contributed by atoms with Gasteiger partial charge in [-0.1, -0.05) is 26.0 Å².